The standard InChI is InChI=1S/C11H12ClN3O4S/c1-15-6(16)4-3-5(9(15)17)13-11-14-8(12)7(20-11)10(18)19-2/h5H,3-4H2,1-2H3,(H,13,14). The molecule has 0 saturated carbocycles. The van der Waals surface area contributed by atoms with Gasteiger partial charge >= 0.3 is 5.97 Å². The first-order valence-corrected chi connectivity index (χ1v) is 6.95. The molecule has 0 radical (unpaired) electrons. The number of nitrogens with one attached hydrogen (secondary N) is 1. The third-order valence-electron chi connectivity index (χ3n) is 2.90. The zero-order chi connectivity index (χ0) is 14.9. The maximum Gasteiger partial charge on any atom is 0.351 e. The molecule has 1 aromatic heterocycles. The highest BCUT2D eigenvalue weighted by atomic mass is 35.5. The van der Waals surface area contributed by atoms with Gasteiger partial charge in [0, 0.05) is 13.5 Å². The summed E-state index contributed by atoms with van der Waals surface area (Å²) in [5.41, 5.74) is 0. The highest BCUT2D eigenvalue weighted by Gasteiger charge is 2.32. The van der Waals surface area contributed by atoms with Crippen molar-refractivity contribution in [3.63, 3.8) is 0 Å². The van der Waals surface area contributed by atoms with E-state index in [9.17, 15) is 14.4 Å². The Bertz CT molecular complexity index is 574. The number of hydrogen-bond acceptors (Lipinski definition) is 7. The number of likely N-dealkylation sites (tertiary alicyclic amines) is 1. The molecule has 1 unspecified atom stereocenters. The average Bonchev–Trinajstić information content (AvgIpc) is 2.79. The maximum atomic E-state index is 11.9. The van der Waals surface area contributed by atoms with E-state index in [1.807, 2.05) is 0 Å². The van der Waals surface area contributed by atoms with Gasteiger partial charge in [-0.25, -0.2) is 9.78 Å². The van der Waals surface area contributed by atoms with Gasteiger partial charge in [0.15, 0.2) is 15.2 Å². The van der Waals surface area contributed by atoms with Crippen molar-refractivity contribution in [1.82, 2.24) is 9.88 Å². The van der Waals surface area contributed by atoms with E-state index in [1.165, 1.54) is 14.2 Å². The van der Waals surface area contributed by atoms with Crippen LogP contribution in [0.15, 0.2) is 0 Å². The van der Waals surface area contributed by atoms with Gasteiger partial charge in [-0.1, -0.05) is 22.9 Å². The second-order valence-electron chi connectivity index (χ2n) is 4.16. The van der Waals surface area contributed by atoms with Crippen LogP contribution in [0.25, 0.3) is 0 Å². The van der Waals surface area contributed by atoms with E-state index in [0.29, 0.717) is 11.6 Å². The molecular weight excluding hydrogens is 306 g/mol. The van der Waals surface area contributed by atoms with E-state index in [1.54, 1.807) is 0 Å². The smallest absolute Gasteiger partial charge is 0.351 e. The van der Waals surface area contributed by atoms with Gasteiger partial charge in [-0.15, -0.1) is 0 Å². The Balaban J connectivity index is 2.13. The molecule has 1 atom stereocenters. The van der Waals surface area contributed by atoms with Crippen LogP contribution in [0.2, 0.25) is 5.15 Å². The van der Waals surface area contributed by atoms with Crippen molar-refractivity contribution in [2.24, 2.45) is 0 Å². The second kappa shape index (κ2) is 5.76. The number of anilines is 1. The predicted molar refractivity (Wildman–Crippen MR) is 72.9 cm³/mol. The SMILES string of the molecule is COC(=O)c1sc(NC2CCC(=O)N(C)C2=O)nc1Cl. The summed E-state index contributed by atoms with van der Waals surface area (Å²) in [5, 5.41) is 3.26. The number of esters is 1. The van der Waals surface area contributed by atoms with Crippen molar-refractivity contribution in [3.05, 3.63) is 10.0 Å². The van der Waals surface area contributed by atoms with E-state index < -0.39 is 12.0 Å². The van der Waals surface area contributed by atoms with Crippen LogP contribution in [0, 0.1) is 0 Å². The number of hydrogen-bond donors (Lipinski definition) is 1. The van der Waals surface area contributed by atoms with E-state index in [2.05, 4.69) is 15.0 Å². The molecule has 1 aromatic rings. The van der Waals surface area contributed by atoms with Crippen LogP contribution in [0.5, 0.6) is 0 Å². The lowest BCUT2D eigenvalue weighted by Crippen LogP contribution is -2.48. The molecule has 2 heterocycles. The molecule has 2 rings (SSSR count). The fourth-order valence-electron chi connectivity index (χ4n) is 1.78. The van der Waals surface area contributed by atoms with Crippen molar-refractivity contribution in [2.45, 2.75) is 18.9 Å². The molecule has 1 aliphatic heterocycles. The summed E-state index contributed by atoms with van der Waals surface area (Å²) in [6.45, 7) is 0. The van der Waals surface area contributed by atoms with Crippen LogP contribution in [-0.2, 0) is 14.3 Å². The van der Waals surface area contributed by atoms with Gasteiger partial charge in [0.05, 0.1) is 7.11 Å². The van der Waals surface area contributed by atoms with Crippen LogP contribution in [-0.4, -0.2) is 47.9 Å². The fraction of sp³-hybridized carbons (Fsp3) is 0.455. The number of aromatic nitrogens is 1. The van der Waals surface area contributed by atoms with Crippen molar-refractivity contribution in [3.8, 4) is 0 Å². The van der Waals surface area contributed by atoms with Gasteiger partial charge in [0.2, 0.25) is 5.91 Å². The molecule has 108 valence electrons. The van der Waals surface area contributed by atoms with Gasteiger partial charge in [-0.2, -0.15) is 0 Å². The Hall–Kier alpha value is -1.67. The van der Waals surface area contributed by atoms with Gasteiger partial charge in [-0.3, -0.25) is 14.5 Å². The molecule has 2 amide bonds. The summed E-state index contributed by atoms with van der Waals surface area (Å²) in [6.07, 6.45) is 0.662. The zero-order valence-electron chi connectivity index (χ0n) is 10.8. The highest BCUT2D eigenvalue weighted by Crippen LogP contribution is 2.29. The number of nitrogens with zero attached hydrogens (tertiary/aromatic N) is 2. The number of halogens is 1. The molecule has 1 N–H and O–H groups in total. The van der Waals surface area contributed by atoms with E-state index >= 15 is 0 Å². The van der Waals surface area contributed by atoms with Crippen LogP contribution in [0.4, 0.5) is 5.13 Å². The third kappa shape index (κ3) is 2.75. The van der Waals surface area contributed by atoms with Crippen LogP contribution in [0.1, 0.15) is 22.5 Å². The molecule has 0 aliphatic carbocycles. The minimum Gasteiger partial charge on any atom is -0.465 e. The van der Waals surface area contributed by atoms with Crippen molar-refractivity contribution in [2.75, 3.05) is 19.5 Å². The Morgan fingerprint density at radius 2 is 2.25 bits per heavy atom. The average molecular weight is 318 g/mol. The predicted octanol–water partition coefficient (Wildman–Crippen LogP) is 1.14. The van der Waals surface area contributed by atoms with Crippen molar-refractivity contribution < 1.29 is 19.1 Å². The lowest BCUT2D eigenvalue weighted by atomic mass is 10.1. The molecule has 0 bridgehead atoms. The number of amides is 2. The van der Waals surface area contributed by atoms with Crippen LogP contribution >= 0.6 is 22.9 Å². The number of likely N-dealkylation sites (N-methyl/N-ethyl adjacent to an activating group) is 1. The molecule has 0 spiro atoms. The molecule has 1 saturated heterocycles. The molecule has 7 nitrogen and oxygen atoms in total. The van der Waals surface area contributed by atoms with Crippen molar-refractivity contribution >= 4 is 45.9 Å². The number of carbonyl (C=O) groups excluding carboxylic acids is 3. The number of rotatable bonds is 3. The summed E-state index contributed by atoms with van der Waals surface area (Å²) in [4.78, 5) is 39.9. The summed E-state index contributed by atoms with van der Waals surface area (Å²) in [7, 11) is 2.68. The van der Waals surface area contributed by atoms with Gasteiger partial charge in [-0.05, 0) is 6.42 Å². The number of carbonyl (C=O) groups is 3. The zero-order valence-corrected chi connectivity index (χ0v) is 12.4. The number of ether oxygens (including phenoxy) is 1. The lowest BCUT2D eigenvalue weighted by Gasteiger charge is -2.27. The molecular formula is C11H12ClN3O4S. The number of imide groups is 1. The quantitative estimate of drug-likeness (QED) is 0.664. The largest absolute Gasteiger partial charge is 0.465 e. The van der Waals surface area contributed by atoms with Crippen molar-refractivity contribution in [1.29, 1.82) is 0 Å². The van der Waals surface area contributed by atoms with E-state index in [-0.39, 0.29) is 28.3 Å². The molecule has 1 aliphatic rings. The minimum absolute atomic E-state index is 0.0250. The lowest BCUT2D eigenvalue weighted by molar-refractivity contribution is -0.146. The Morgan fingerprint density at radius 3 is 2.90 bits per heavy atom. The normalized spacial score (nSPS) is 19.1. The Morgan fingerprint density at radius 1 is 1.55 bits per heavy atom. The maximum absolute atomic E-state index is 11.9. The topological polar surface area (TPSA) is 88.6 Å². The Kier molecular flexibility index (Phi) is 4.24. The summed E-state index contributed by atoms with van der Waals surface area (Å²) in [6, 6.07) is -0.551. The number of thiazole rings is 1. The van der Waals surface area contributed by atoms with Gasteiger partial charge in [0.1, 0.15) is 6.04 Å². The van der Waals surface area contributed by atoms with Crippen LogP contribution < -0.4 is 5.32 Å². The van der Waals surface area contributed by atoms with Gasteiger partial charge in [0.25, 0.3) is 5.91 Å². The fourth-order valence-corrected chi connectivity index (χ4v) is 2.94. The van der Waals surface area contributed by atoms with E-state index in [0.717, 1.165) is 16.2 Å². The number of piperidine rings is 1. The molecule has 1 fully saturated rings. The first-order valence-electron chi connectivity index (χ1n) is 5.75. The molecule has 0 aromatic carbocycles. The minimum atomic E-state index is -0.581. The first-order chi connectivity index (χ1) is 9.43. The molecule has 20 heavy (non-hydrogen) atoms. The summed E-state index contributed by atoms with van der Waals surface area (Å²) < 4.78 is 4.57. The summed E-state index contributed by atoms with van der Waals surface area (Å²) >= 11 is 6.84. The monoisotopic (exact) mass is 317 g/mol. The first kappa shape index (κ1) is 14.7. The number of methoxy groups -OCH3 is 1. The molecule has 9 heteroatoms. The highest BCUT2D eigenvalue weighted by molar-refractivity contribution is 7.18. The Labute approximate surface area is 123 Å². The van der Waals surface area contributed by atoms with E-state index in [4.69, 9.17) is 11.6 Å². The summed E-state index contributed by atoms with van der Waals surface area (Å²) in [5.74, 6) is -1.12. The second-order valence-corrected chi connectivity index (χ2v) is 5.51. The van der Waals surface area contributed by atoms with Crippen LogP contribution in [0.3, 0.4) is 0 Å². The third-order valence-corrected chi connectivity index (χ3v) is 4.26. The van der Waals surface area contributed by atoms with Gasteiger partial charge < -0.3 is 10.1 Å².